The third kappa shape index (κ3) is 3.49. The molecule has 0 aliphatic rings. The van der Waals surface area contributed by atoms with Crippen molar-refractivity contribution in [2.45, 2.75) is 13.0 Å². The number of thiophene rings is 1. The Bertz CT molecular complexity index is 1220. The Hall–Kier alpha value is -3.18. The van der Waals surface area contributed by atoms with Gasteiger partial charge in [0.1, 0.15) is 16.9 Å². The Balaban J connectivity index is 1.60. The van der Waals surface area contributed by atoms with E-state index in [0.717, 1.165) is 15.3 Å². The molecule has 4 rings (SSSR count). The summed E-state index contributed by atoms with van der Waals surface area (Å²) in [4.78, 5) is 13.9. The zero-order valence-electron chi connectivity index (χ0n) is 14.4. The van der Waals surface area contributed by atoms with Crippen LogP contribution in [0.5, 0.6) is 0 Å². The van der Waals surface area contributed by atoms with Crippen molar-refractivity contribution in [3.63, 3.8) is 0 Å². The second kappa shape index (κ2) is 7.44. The highest BCUT2D eigenvalue weighted by Crippen LogP contribution is 2.30. The molecule has 0 unspecified atom stereocenters. The predicted octanol–water partition coefficient (Wildman–Crippen LogP) is 2.54. The van der Waals surface area contributed by atoms with E-state index in [2.05, 4.69) is 20.5 Å². The Morgan fingerprint density at radius 2 is 2.04 bits per heavy atom. The average Bonchev–Trinajstić information content (AvgIpc) is 3.41. The average molecular weight is 404 g/mol. The molecule has 0 aliphatic carbocycles. The van der Waals surface area contributed by atoms with Crippen molar-refractivity contribution in [1.82, 2.24) is 25.1 Å². The lowest BCUT2D eigenvalue weighted by Crippen LogP contribution is -2.20. The normalized spacial score (nSPS) is 11.2. The molecule has 28 heavy (non-hydrogen) atoms. The summed E-state index contributed by atoms with van der Waals surface area (Å²) in [7, 11) is 0. The summed E-state index contributed by atoms with van der Waals surface area (Å²) >= 11 is 1.48. The zero-order valence-corrected chi connectivity index (χ0v) is 15.2. The smallest absolute Gasteiger partial charge is 0.327 e. The van der Waals surface area contributed by atoms with Gasteiger partial charge in [-0.2, -0.15) is 13.9 Å². The summed E-state index contributed by atoms with van der Waals surface area (Å²) in [5.41, 5.74) is 6.89. The number of nitrogens with one attached hydrogen (secondary N) is 1. The lowest BCUT2D eigenvalue weighted by Gasteiger charge is -2.05. The summed E-state index contributed by atoms with van der Waals surface area (Å²) in [6.45, 7) is -0.0826. The SMILES string of the molecule is NCC(Cc1n[nH]c(=O)n1Cc1ccc(-c2ccc3nonc3c2)s1)=C(F)F. The van der Waals surface area contributed by atoms with Gasteiger partial charge >= 0.3 is 5.69 Å². The highest BCUT2D eigenvalue weighted by atomic mass is 32.1. The Morgan fingerprint density at radius 3 is 2.82 bits per heavy atom. The van der Waals surface area contributed by atoms with Crippen LogP contribution in [0.4, 0.5) is 8.78 Å². The van der Waals surface area contributed by atoms with Crippen LogP contribution in [-0.4, -0.2) is 31.6 Å². The number of benzene rings is 1. The van der Waals surface area contributed by atoms with Crippen molar-refractivity contribution in [2.24, 2.45) is 5.73 Å². The number of hydrogen-bond donors (Lipinski definition) is 2. The second-order valence-corrected chi connectivity index (χ2v) is 7.18. The molecule has 0 atom stereocenters. The largest absolute Gasteiger partial charge is 0.343 e. The number of aromatic nitrogens is 5. The summed E-state index contributed by atoms with van der Waals surface area (Å²) in [6.07, 6.45) is -2.04. The number of hydrogen-bond acceptors (Lipinski definition) is 7. The Labute approximate surface area is 160 Å². The minimum absolute atomic E-state index is 0.189. The van der Waals surface area contributed by atoms with Gasteiger partial charge in [-0.05, 0) is 40.1 Å². The zero-order chi connectivity index (χ0) is 19.7. The molecular formula is C17H14F2N6O2S. The fourth-order valence-electron chi connectivity index (χ4n) is 2.76. The van der Waals surface area contributed by atoms with E-state index in [0.29, 0.717) is 11.0 Å². The predicted molar refractivity (Wildman–Crippen MR) is 99.1 cm³/mol. The maximum atomic E-state index is 12.9. The number of H-pyrrole nitrogens is 1. The fraction of sp³-hybridized carbons (Fsp3) is 0.176. The third-order valence-electron chi connectivity index (χ3n) is 4.24. The van der Waals surface area contributed by atoms with Gasteiger partial charge in [0.15, 0.2) is 0 Å². The summed E-state index contributed by atoms with van der Waals surface area (Å²) in [5.74, 6) is 0.211. The molecule has 8 nitrogen and oxygen atoms in total. The summed E-state index contributed by atoms with van der Waals surface area (Å²) in [6, 6.07) is 9.38. The van der Waals surface area contributed by atoms with Gasteiger partial charge in [-0.15, -0.1) is 11.3 Å². The molecule has 144 valence electrons. The summed E-state index contributed by atoms with van der Waals surface area (Å²) in [5, 5.41) is 13.8. The molecule has 3 aromatic heterocycles. The van der Waals surface area contributed by atoms with E-state index in [1.54, 1.807) is 0 Å². The molecule has 0 aliphatic heterocycles. The number of nitrogens with two attached hydrogens (primary N) is 1. The molecular weight excluding hydrogens is 390 g/mol. The molecule has 0 spiro atoms. The van der Waals surface area contributed by atoms with Crippen molar-refractivity contribution < 1.29 is 13.4 Å². The first-order chi connectivity index (χ1) is 13.5. The van der Waals surface area contributed by atoms with E-state index in [4.69, 9.17) is 10.4 Å². The Kier molecular flexibility index (Phi) is 4.84. The molecule has 1 aromatic carbocycles. The quantitative estimate of drug-likeness (QED) is 0.510. The van der Waals surface area contributed by atoms with Crippen LogP contribution < -0.4 is 11.4 Å². The first-order valence-electron chi connectivity index (χ1n) is 8.23. The molecule has 0 radical (unpaired) electrons. The van der Waals surface area contributed by atoms with Gasteiger partial charge < -0.3 is 5.73 Å². The Morgan fingerprint density at radius 1 is 1.21 bits per heavy atom. The topological polar surface area (TPSA) is 116 Å². The number of aromatic amines is 1. The van der Waals surface area contributed by atoms with Crippen molar-refractivity contribution in [3.05, 3.63) is 63.2 Å². The monoisotopic (exact) mass is 404 g/mol. The number of halogens is 2. The van der Waals surface area contributed by atoms with Crippen molar-refractivity contribution in [1.29, 1.82) is 0 Å². The van der Waals surface area contributed by atoms with Crippen molar-refractivity contribution >= 4 is 22.4 Å². The second-order valence-electron chi connectivity index (χ2n) is 6.01. The minimum atomic E-state index is -1.85. The molecule has 0 fully saturated rings. The van der Waals surface area contributed by atoms with Crippen LogP contribution in [0.1, 0.15) is 10.7 Å². The maximum absolute atomic E-state index is 12.9. The fourth-order valence-corrected chi connectivity index (χ4v) is 3.76. The molecule has 3 heterocycles. The van der Waals surface area contributed by atoms with Gasteiger partial charge in [-0.3, -0.25) is 4.57 Å². The lowest BCUT2D eigenvalue weighted by molar-refractivity contribution is 0.315. The van der Waals surface area contributed by atoms with E-state index in [1.165, 1.54) is 15.9 Å². The van der Waals surface area contributed by atoms with Gasteiger partial charge in [0.05, 0.1) is 6.54 Å². The van der Waals surface area contributed by atoms with Crippen molar-refractivity contribution in [2.75, 3.05) is 6.54 Å². The van der Waals surface area contributed by atoms with E-state index < -0.39 is 11.8 Å². The highest BCUT2D eigenvalue weighted by Gasteiger charge is 2.15. The number of nitrogens with zero attached hydrogens (tertiary/aromatic N) is 4. The first kappa shape index (κ1) is 18.2. The lowest BCUT2D eigenvalue weighted by atomic mass is 10.1. The summed E-state index contributed by atoms with van der Waals surface area (Å²) < 4.78 is 31.8. The molecule has 11 heteroatoms. The van der Waals surface area contributed by atoms with E-state index in [1.807, 2.05) is 30.3 Å². The van der Waals surface area contributed by atoms with Gasteiger partial charge in [0.25, 0.3) is 6.08 Å². The maximum Gasteiger partial charge on any atom is 0.343 e. The van der Waals surface area contributed by atoms with E-state index in [9.17, 15) is 13.6 Å². The van der Waals surface area contributed by atoms with Gasteiger partial charge in [-0.25, -0.2) is 14.5 Å². The highest BCUT2D eigenvalue weighted by molar-refractivity contribution is 7.15. The van der Waals surface area contributed by atoms with Crippen LogP contribution in [0.15, 0.2) is 51.4 Å². The van der Waals surface area contributed by atoms with Crippen LogP contribution in [0, 0.1) is 0 Å². The molecule has 0 bridgehead atoms. The minimum Gasteiger partial charge on any atom is -0.327 e. The standard InChI is InChI=1S/C17H14F2N6O2S/c18-16(19)10(7-20)6-15-21-22-17(26)25(15)8-11-2-4-14(28-11)9-1-3-12-13(5-9)24-27-23-12/h1-5H,6-8,20H2,(H,22,26). The number of fused-ring (bicyclic) bond motifs is 1. The molecule has 3 N–H and O–H groups in total. The molecule has 4 aromatic rings. The van der Waals surface area contributed by atoms with E-state index >= 15 is 0 Å². The third-order valence-corrected chi connectivity index (χ3v) is 5.36. The van der Waals surface area contributed by atoms with Gasteiger partial charge in [0.2, 0.25) is 0 Å². The number of rotatable bonds is 6. The molecule has 0 saturated heterocycles. The van der Waals surface area contributed by atoms with Crippen LogP contribution in [0.2, 0.25) is 0 Å². The van der Waals surface area contributed by atoms with E-state index in [-0.39, 0.29) is 30.9 Å². The molecule has 0 amide bonds. The molecule has 0 saturated carbocycles. The van der Waals surface area contributed by atoms with Gasteiger partial charge in [0, 0.05) is 28.3 Å². The van der Waals surface area contributed by atoms with Crippen LogP contribution in [0.25, 0.3) is 21.5 Å². The first-order valence-corrected chi connectivity index (χ1v) is 9.05. The van der Waals surface area contributed by atoms with Crippen LogP contribution >= 0.6 is 11.3 Å². The van der Waals surface area contributed by atoms with Crippen molar-refractivity contribution in [3.8, 4) is 10.4 Å². The van der Waals surface area contributed by atoms with Crippen LogP contribution in [-0.2, 0) is 13.0 Å². The van der Waals surface area contributed by atoms with Gasteiger partial charge in [-0.1, -0.05) is 6.07 Å². The van der Waals surface area contributed by atoms with Crippen LogP contribution in [0.3, 0.4) is 0 Å².